The molecule has 19 heavy (non-hydrogen) atoms. The number of nitrogens with zero attached hydrogens (tertiary/aromatic N) is 3. The molecule has 0 fully saturated rings. The number of anilines is 1. The largest absolute Gasteiger partial charge is 0.368 e. The first-order chi connectivity index (χ1) is 9.33. The number of benzene rings is 1. The van der Waals surface area contributed by atoms with Gasteiger partial charge >= 0.3 is 0 Å². The average molecular weight is 252 g/mol. The van der Waals surface area contributed by atoms with E-state index in [1.165, 1.54) is 10.9 Å². The second kappa shape index (κ2) is 5.10. The third kappa shape index (κ3) is 2.57. The Morgan fingerprint density at radius 3 is 2.95 bits per heavy atom. The summed E-state index contributed by atoms with van der Waals surface area (Å²) in [7, 11) is 0. The van der Waals surface area contributed by atoms with Crippen molar-refractivity contribution in [3.63, 3.8) is 0 Å². The van der Waals surface area contributed by atoms with Gasteiger partial charge in [-0.15, -0.1) is 0 Å². The second-order valence-electron chi connectivity index (χ2n) is 4.54. The molecule has 4 nitrogen and oxygen atoms in total. The predicted molar refractivity (Wildman–Crippen MR) is 77.2 cm³/mol. The lowest BCUT2D eigenvalue weighted by Gasteiger charge is -2.10. The van der Waals surface area contributed by atoms with Gasteiger partial charge in [0.25, 0.3) is 0 Å². The number of hydrogen-bond donors (Lipinski definition) is 1. The van der Waals surface area contributed by atoms with Crippen LogP contribution in [-0.4, -0.2) is 21.3 Å². The van der Waals surface area contributed by atoms with E-state index >= 15 is 0 Å². The molecule has 96 valence electrons. The minimum Gasteiger partial charge on any atom is -0.368 e. The van der Waals surface area contributed by atoms with Crippen LogP contribution in [0.2, 0.25) is 0 Å². The lowest BCUT2D eigenvalue weighted by molar-refractivity contribution is 0.637. The molecule has 0 aliphatic heterocycles. The maximum Gasteiger partial charge on any atom is 0.129 e. The summed E-state index contributed by atoms with van der Waals surface area (Å²) in [6, 6.07) is 12.3. The fourth-order valence-corrected chi connectivity index (χ4v) is 2.12. The van der Waals surface area contributed by atoms with Crippen LogP contribution in [0.15, 0.2) is 48.8 Å². The molecular formula is C15H16N4. The van der Waals surface area contributed by atoms with Gasteiger partial charge in [-0.2, -0.15) is 5.10 Å². The van der Waals surface area contributed by atoms with E-state index in [4.69, 9.17) is 0 Å². The summed E-state index contributed by atoms with van der Waals surface area (Å²) in [5.41, 5.74) is 2.19. The molecule has 4 heteroatoms. The van der Waals surface area contributed by atoms with E-state index in [9.17, 15) is 0 Å². The van der Waals surface area contributed by atoms with Crippen molar-refractivity contribution in [1.29, 1.82) is 0 Å². The lowest BCUT2D eigenvalue weighted by Crippen LogP contribution is -2.12. The van der Waals surface area contributed by atoms with Crippen molar-refractivity contribution in [2.24, 2.45) is 0 Å². The number of aryl methyl sites for hydroxylation is 1. The quantitative estimate of drug-likeness (QED) is 0.776. The molecule has 0 radical (unpaired) electrons. The van der Waals surface area contributed by atoms with E-state index in [2.05, 4.69) is 34.5 Å². The highest BCUT2D eigenvalue weighted by Crippen LogP contribution is 2.19. The zero-order valence-electron chi connectivity index (χ0n) is 10.9. The molecule has 0 aliphatic carbocycles. The van der Waals surface area contributed by atoms with Gasteiger partial charge in [0.15, 0.2) is 0 Å². The SMILES string of the molecule is Cc1cc2ccccc2nc1NCCn1cccn1. The highest BCUT2D eigenvalue weighted by atomic mass is 15.3. The third-order valence-corrected chi connectivity index (χ3v) is 3.11. The van der Waals surface area contributed by atoms with Gasteiger partial charge in [0.1, 0.15) is 5.82 Å². The molecule has 3 rings (SSSR count). The molecule has 1 aromatic carbocycles. The predicted octanol–water partition coefficient (Wildman–Crippen LogP) is 2.85. The molecule has 0 spiro atoms. The number of hydrogen-bond acceptors (Lipinski definition) is 3. The van der Waals surface area contributed by atoms with Crippen molar-refractivity contribution in [2.75, 3.05) is 11.9 Å². The maximum absolute atomic E-state index is 4.65. The number of rotatable bonds is 4. The van der Waals surface area contributed by atoms with Crippen LogP contribution in [0.4, 0.5) is 5.82 Å². The maximum atomic E-state index is 4.65. The smallest absolute Gasteiger partial charge is 0.129 e. The number of nitrogens with one attached hydrogen (secondary N) is 1. The van der Waals surface area contributed by atoms with Gasteiger partial charge in [0.05, 0.1) is 12.1 Å². The van der Waals surface area contributed by atoms with Crippen LogP contribution in [-0.2, 0) is 6.54 Å². The first-order valence-electron chi connectivity index (χ1n) is 6.40. The highest BCUT2D eigenvalue weighted by Gasteiger charge is 2.02. The number of para-hydroxylation sites is 1. The summed E-state index contributed by atoms with van der Waals surface area (Å²) in [6.07, 6.45) is 3.75. The summed E-state index contributed by atoms with van der Waals surface area (Å²) in [6.45, 7) is 3.73. The molecule has 2 aromatic heterocycles. The second-order valence-corrected chi connectivity index (χ2v) is 4.54. The number of aromatic nitrogens is 3. The third-order valence-electron chi connectivity index (χ3n) is 3.11. The molecule has 0 saturated carbocycles. The van der Waals surface area contributed by atoms with E-state index in [1.807, 2.05) is 35.1 Å². The van der Waals surface area contributed by atoms with Crippen LogP contribution in [0.3, 0.4) is 0 Å². The van der Waals surface area contributed by atoms with Crippen LogP contribution in [0.1, 0.15) is 5.56 Å². The van der Waals surface area contributed by atoms with E-state index in [1.54, 1.807) is 6.20 Å². The molecule has 0 amide bonds. The van der Waals surface area contributed by atoms with E-state index in [0.29, 0.717) is 0 Å². The van der Waals surface area contributed by atoms with Gasteiger partial charge in [-0.3, -0.25) is 4.68 Å². The minimum atomic E-state index is 0.813. The Hall–Kier alpha value is -2.36. The molecule has 0 unspecified atom stereocenters. The molecule has 1 N–H and O–H groups in total. The molecule has 0 aliphatic rings. The Morgan fingerprint density at radius 1 is 1.21 bits per heavy atom. The van der Waals surface area contributed by atoms with Crippen molar-refractivity contribution in [3.8, 4) is 0 Å². The normalized spacial score (nSPS) is 10.8. The summed E-state index contributed by atoms with van der Waals surface area (Å²) < 4.78 is 1.91. The molecule has 0 bridgehead atoms. The van der Waals surface area contributed by atoms with Crippen LogP contribution in [0.5, 0.6) is 0 Å². The van der Waals surface area contributed by atoms with Gasteiger partial charge in [-0.05, 0) is 30.7 Å². The van der Waals surface area contributed by atoms with Crippen molar-refractivity contribution >= 4 is 16.7 Å². The zero-order chi connectivity index (χ0) is 13.1. The first-order valence-corrected chi connectivity index (χ1v) is 6.40. The number of fused-ring (bicyclic) bond motifs is 1. The Balaban J connectivity index is 1.75. The van der Waals surface area contributed by atoms with E-state index < -0.39 is 0 Å². The minimum absolute atomic E-state index is 0.813. The van der Waals surface area contributed by atoms with Gasteiger partial charge in [0, 0.05) is 24.3 Å². The summed E-state index contributed by atoms with van der Waals surface area (Å²) in [4.78, 5) is 4.65. The fraction of sp³-hybridized carbons (Fsp3) is 0.200. The summed E-state index contributed by atoms with van der Waals surface area (Å²) in [5.74, 6) is 0.950. The Bertz CT molecular complexity index is 674. The van der Waals surface area contributed by atoms with Crippen molar-refractivity contribution < 1.29 is 0 Å². The monoisotopic (exact) mass is 252 g/mol. The van der Waals surface area contributed by atoms with Gasteiger partial charge in [-0.1, -0.05) is 18.2 Å². The molecule has 2 heterocycles. The molecule has 0 atom stereocenters. The van der Waals surface area contributed by atoms with Crippen molar-refractivity contribution in [2.45, 2.75) is 13.5 Å². The Morgan fingerprint density at radius 2 is 2.11 bits per heavy atom. The zero-order valence-corrected chi connectivity index (χ0v) is 10.9. The van der Waals surface area contributed by atoms with Crippen molar-refractivity contribution in [1.82, 2.24) is 14.8 Å². The topological polar surface area (TPSA) is 42.7 Å². The number of pyridine rings is 1. The molecule has 0 saturated heterocycles. The Kier molecular flexibility index (Phi) is 3.14. The summed E-state index contributed by atoms with van der Waals surface area (Å²) >= 11 is 0. The standard InChI is InChI=1S/C15H16N4/c1-12-11-13-5-2-3-6-14(13)18-15(12)16-8-10-19-9-4-7-17-19/h2-7,9,11H,8,10H2,1H3,(H,16,18). The Labute approximate surface area is 112 Å². The van der Waals surface area contributed by atoms with Gasteiger partial charge < -0.3 is 5.32 Å². The van der Waals surface area contributed by atoms with Crippen LogP contribution in [0, 0.1) is 6.92 Å². The molecular weight excluding hydrogens is 236 g/mol. The first kappa shape index (κ1) is 11.7. The van der Waals surface area contributed by atoms with Crippen LogP contribution < -0.4 is 5.32 Å². The van der Waals surface area contributed by atoms with Crippen LogP contribution >= 0.6 is 0 Å². The lowest BCUT2D eigenvalue weighted by atomic mass is 10.1. The molecule has 3 aromatic rings. The van der Waals surface area contributed by atoms with Crippen LogP contribution in [0.25, 0.3) is 10.9 Å². The summed E-state index contributed by atoms with van der Waals surface area (Å²) in [5, 5.41) is 8.73. The van der Waals surface area contributed by atoms with Crippen molar-refractivity contribution in [3.05, 3.63) is 54.4 Å². The fourth-order valence-electron chi connectivity index (χ4n) is 2.12. The van der Waals surface area contributed by atoms with E-state index in [0.717, 1.165) is 24.4 Å². The average Bonchev–Trinajstić information content (AvgIpc) is 2.92. The van der Waals surface area contributed by atoms with E-state index in [-0.39, 0.29) is 0 Å². The van der Waals surface area contributed by atoms with Gasteiger partial charge in [0.2, 0.25) is 0 Å². The highest BCUT2D eigenvalue weighted by molar-refractivity contribution is 5.81. The van der Waals surface area contributed by atoms with Gasteiger partial charge in [-0.25, -0.2) is 4.98 Å².